The van der Waals surface area contributed by atoms with Gasteiger partial charge in [-0.05, 0) is 35.6 Å². The van der Waals surface area contributed by atoms with Crippen molar-refractivity contribution in [2.24, 2.45) is 4.99 Å². The van der Waals surface area contributed by atoms with Gasteiger partial charge in [0, 0.05) is 38.1 Å². The van der Waals surface area contributed by atoms with Crippen molar-refractivity contribution < 1.29 is 14.2 Å². The molecule has 0 radical (unpaired) electrons. The fourth-order valence-corrected chi connectivity index (χ4v) is 4.42. The van der Waals surface area contributed by atoms with Gasteiger partial charge in [0.15, 0.2) is 17.5 Å². The Labute approximate surface area is 183 Å². The number of hydrogen-bond acceptors (Lipinski definition) is 6. The SMILES string of the molecule is CN=C(NCCc1ccc(OC)c(OC)c1)NCC(c1cccs1)N1CCOCC1. The maximum absolute atomic E-state index is 5.53. The number of aliphatic imine (C=N–C) groups is 1. The Bertz CT molecular complexity index is 792. The molecule has 0 aliphatic carbocycles. The second-order valence-corrected chi connectivity index (χ2v) is 7.98. The Morgan fingerprint density at radius 3 is 2.63 bits per heavy atom. The fraction of sp³-hybridized carbons (Fsp3) is 0.500. The molecule has 2 heterocycles. The second kappa shape index (κ2) is 11.8. The molecular formula is C22H32N4O3S. The molecule has 2 aromatic rings. The molecule has 164 valence electrons. The molecule has 0 bridgehead atoms. The number of nitrogens with zero attached hydrogens (tertiary/aromatic N) is 2. The summed E-state index contributed by atoms with van der Waals surface area (Å²) < 4.78 is 16.2. The van der Waals surface area contributed by atoms with Crippen LogP contribution >= 0.6 is 11.3 Å². The van der Waals surface area contributed by atoms with Gasteiger partial charge in [-0.15, -0.1) is 11.3 Å². The molecule has 8 heteroatoms. The lowest BCUT2D eigenvalue weighted by Crippen LogP contribution is -2.46. The van der Waals surface area contributed by atoms with Gasteiger partial charge in [0.05, 0.1) is 33.5 Å². The minimum absolute atomic E-state index is 0.318. The Hall–Kier alpha value is -2.29. The zero-order valence-corrected chi connectivity index (χ0v) is 18.8. The summed E-state index contributed by atoms with van der Waals surface area (Å²) in [4.78, 5) is 8.24. The molecular weight excluding hydrogens is 400 g/mol. The maximum Gasteiger partial charge on any atom is 0.191 e. The van der Waals surface area contributed by atoms with Crippen molar-refractivity contribution in [2.75, 3.05) is 60.7 Å². The molecule has 1 saturated heterocycles. The topological polar surface area (TPSA) is 67.4 Å². The predicted octanol–water partition coefficient (Wildman–Crippen LogP) is 2.55. The number of benzene rings is 1. The van der Waals surface area contributed by atoms with Crippen LogP contribution in [0.4, 0.5) is 0 Å². The first kappa shape index (κ1) is 22.4. The van der Waals surface area contributed by atoms with Crippen LogP contribution in [0.5, 0.6) is 11.5 Å². The number of morpholine rings is 1. The smallest absolute Gasteiger partial charge is 0.191 e. The molecule has 7 nitrogen and oxygen atoms in total. The first-order chi connectivity index (χ1) is 14.7. The summed E-state index contributed by atoms with van der Waals surface area (Å²) in [6.45, 7) is 5.07. The van der Waals surface area contributed by atoms with Crippen LogP contribution in [-0.4, -0.2) is 71.5 Å². The number of nitrogens with one attached hydrogen (secondary N) is 2. The van der Waals surface area contributed by atoms with E-state index in [1.807, 2.05) is 12.1 Å². The largest absolute Gasteiger partial charge is 0.493 e. The van der Waals surface area contributed by atoms with Gasteiger partial charge in [-0.2, -0.15) is 0 Å². The van der Waals surface area contributed by atoms with Crippen LogP contribution in [0, 0.1) is 0 Å². The van der Waals surface area contributed by atoms with Crippen molar-refractivity contribution in [3.05, 3.63) is 46.2 Å². The second-order valence-electron chi connectivity index (χ2n) is 7.00. The van der Waals surface area contributed by atoms with Crippen LogP contribution in [0.1, 0.15) is 16.5 Å². The summed E-state index contributed by atoms with van der Waals surface area (Å²) in [5.41, 5.74) is 1.18. The highest BCUT2D eigenvalue weighted by molar-refractivity contribution is 7.10. The number of guanidine groups is 1. The lowest BCUT2D eigenvalue weighted by molar-refractivity contribution is 0.0177. The molecule has 0 saturated carbocycles. The fourth-order valence-electron chi connectivity index (χ4n) is 3.55. The van der Waals surface area contributed by atoms with Gasteiger partial charge >= 0.3 is 0 Å². The highest BCUT2D eigenvalue weighted by Crippen LogP contribution is 2.27. The van der Waals surface area contributed by atoms with Gasteiger partial charge in [0.2, 0.25) is 0 Å². The Kier molecular flexibility index (Phi) is 8.80. The third-order valence-electron chi connectivity index (χ3n) is 5.20. The van der Waals surface area contributed by atoms with Crippen LogP contribution in [0.25, 0.3) is 0 Å². The average molecular weight is 433 g/mol. The van der Waals surface area contributed by atoms with E-state index in [0.29, 0.717) is 6.04 Å². The summed E-state index contributed by atoms with van der Waals surface area (Å²) in [5, 5.41) is 9.05. The van der Waals surface area contributed by atoms with Crippen LogP contribution in [-0.2, 0) is 11.2 Å². The Morgan fingerprint density at radius 1 is 1.17 bits per heavy atom. The van der Waals surface area contributed by atoms with Crippen LogP contribution in [0.2, 0.25) is 0 Å². The average Bonchev–Trinajstić information content (AvgIpc) is 3.33. The monoisotopic (exact) mass is 432 g/mol. The van der Waals surface area contributed by atoms with Crippen LogP contribution in [0.15, 0.2) is 40.7 Å². The third kappa shape index (κ3) is 6.10. The van der Waals surface area contributed by atoms with E-state index in [1.165, 1.54) is 10.4 Å². The van der Waals surface area contributed by atoms with E-state index in [9.17, 15) is 0 Å². The number of thiophene rings is 1. The van der Waals surface area contributed by atoms with Gasteiger partial charge in [0.1, 0.15) is 0 Å². The van der Waals surface area contributed by atoms with Gasteiger partial charge in [-0.25, -0.2) is 0 Å². The lowest BCUT2D eigenvalue weighted by Gasteiger charge is -2.34. The number of rotatable bonds is 9. The molecule has 0 amide bonds. The molecule has 0 spiro atoms. The molecule has 1 aromatic carbocycles. The summed E-state index contributed by atoms with van der Waals surface area (Å²) in [5.74, 6) is 2.31. The van der Waals surface area contributed by atoms with Crippen molar-refractivity contribution >= 4 is 17.3 Å². The minimum Gasteiger partial charge on any atom is -0.493 e. The van der Waals surface area contributed by atoms with Crippen LogP contribution < -0.4 is 20.1 Å². The first-order valence-corrected chi connectivity index (χ1v) is 11.1. The van der Waals surface area contributed by atoms with Gasteiger partial charge in [-0.1, -0.05) is 12.1 Å². The number of ether oxygens (including phenoxy) is 3. The van der Waals surface area contributed by atoms with E-state index in [-0.39, 0.29) is 0 Å². The van der Waals surface area contributed by atoms with Crippen molar-refractivity contribution in [1.29, 1.82) is 0 Å². The zero-order chi connectivity index (χ0) is 21.2. The quantitative estimate of drug-likeness (QED) is 0.469. The summed E-state index contributed by atoms with van der Waals surface area (Å²) in [7, 11) is 5.11. The van der Waals surface area contributed by atoms with E-state index in [1.54, 1.807) is 32.6 Å². The van der Waals surface area contributed by atoms with Crippen molar-refractivity contribution in [2.45, 2.75) is 12.5 Å². The lowest BCUT2D eigenvalue weighted by atomic mass is 10.1. The molecule has 1 atom stereocenters. The van der Waals surface area contributed by atoms with Crippen LogP contribution in [0.3, 0.4) is 0 Å². The summed E-state index contributed by atoms with van der Waals surface area (Å²) >= 11 is 1.80. The van der Waals surface area contributed by atoms with Crippen molar-refractivity contribution in [1.82, 2.24) is 15.5 Å². The molecule has 1 fully saturated rings. The van der Waals surface area contributed by atoms with Gasteiger partial charge < -0.3 is 24.8 Å². The van der Waals surface area contributed by atoms with E-state index >= 15 is 0 Å². The normalized spacial score (nSPS) is 16.2. The van der Waals surface area contributed by atoms with E-state index in [0.717, 1.165) is 63.3 Å². The summed E-state index contributed by atoms with van der Waals surface area (Å²) in [6.07, 6.45) is 0.860. The molecule has 2 N–H and O–H groups in total. The predicted molar refractivity (Wildman–Crippen MR) is 122 cm³/mol. The number of hydrogen-bond donors (Lipinski definition) is 2. The highest BCUT2D eigenvalue weighted by atomic mass is 32.1. The number of methoxy groups -OCH3 is 2. The zero-order valence-electron chi connectivity index (χ0n) is 18.0. The van der Waals surface area contributed by atoms with E-state index < -0.39 is 0 Å². The standard InChI is InChI=1S/C22H32N4O3S/c1-23-22(24-9-8-17-6-7-19(27-2)20(15-17)28-3)25-16-18(21-5-4-14-30-21)26-10-12-29-13-11-26/h4-7,14-15,18H,8-13,16H2,1-3H3,(H2,23,24,25). The molecule has 1 aliphatic heterocycles. The highest BCUT2D eigenvalue weighted by Gasteiger charge is 2.23. The van der Waals surface area contributed by atoms with Gasteiger partial charge in [-0.3, -0.25) is 9.89 Å². The Morgan fingerprint density at radius 2 is 1.97 bits per heavy atom. The van der Waals surface area contributed by atoms with Crippen molar-refractivity contribution in [3.8, 4) is 11.5 Å². The van der Waals surface area contributed by atoms with Crippen molar-refractivity contribution in [3.63, 3.8) is 0 Å². The molecule has 30 heavy (non-hydrogen) atoms. The molecule has 1 aromatic heterocycles. The molecule has 3 rings (SSSR count). The van der Waals surface area contributed by atoms with E-state index in [2.05, 4.69) is 44.1 Å². The molecule has 1 unspecified atom stereocenters. The van der Waals surface area contributed by atoms with Gasteiger partial charge in [0.25, 0.3) is 0 Å². The third-order valence-corrected chi connectivity index (χ3v) is 6.17. The first-order valence-electron chi connectivity index (χ1n) is 10.3. The Balaban J connectivity index is 1.52. The summed E-state index contributed by atoms with van der Waals surface area (Å²) in [6, 6.07) is 10.7. The minimum atomic E-state index is 0.318. The maximum atomic E-state index is 5.53. The van der Waals surface area contributed by atoms with E-state index in [4.69, 9.17) is 14.2 Å². The molecule has 1 aliphatic rings.